The van der Waals surface area contributed by atoms with Crippen LogP contribution in [0.2, 0.25) is 0 Å². The molecule has 1 saturated heterocycles. The van der Waals surface area contributed by atoms with Gasteiger partial charge in [0.05, 0.1) is 17.4 Å². The van der Waals surface area contributed by atoms with Crippen molar-refractivity contribution in [1.82, 2.24) is 14.6 Å². The van der Waals surface area contributed by atoms with Crippen LogP contribution in [0.5, 0.6) is 0 Å². The predicted molar refractivity (Wildman–Crippen MR) is 110 cm³/mol. The van der Waals surface area contributed by atoms with Crippen LogP contribution in [0.4, 0.5) is 11.4 Å². The zero-order valence-corrected chi connectivity index (χ0v) is 16.0. The fraction of sp³-hybridized carbons (Fsp3) is 0.300. The maximum Gasteiger partial charge on any atom is 0.254 e. The zero-order valence-electron chi connectivity index (χ0n) is 16.0. The predicted octanol–water partition coefficient (Wildman–Crippen LogP) is 1.53. The van der Waals surface area contributed by atoms with Crippen molar-refractivity contribution < 1.29 is 9.59 Å². The van der Waals surface area contributed by atoms with Crippen LogP contribution in [0.1, 0.15) is 45.5 Å². The summed E-state index contributed by atoms with van der Waals surface area (Å²) in [6.07, 6.45) is 8.32. The number of carbonyl (C=O) groups excluding carboxylic acids is 2. The minimum atomic E-state index is -0.557. The number of benzene rings is 1. The van der Waals surface area contributed by atoms with Gasteiger partial charge in [-0.3, -0.25) is 9.59 Å². The van der Waals surface area contributed by atoms with Gasteiger partial charge in [-0.25, -0.2) is 9.50 Å². The smallest absolute Gasteiger partial charge is 0.254 e. The molecule has 150 valence electrons. The Labute approximate surface area is 167 Å². The lowest BCUT2D eigenvalue weighted by molar-refractivity contribution is 0.0992. The Morgan fingerprint density at radius 2 is 1.79 bits per heavy atom. The Morgan fingerprint density at radius 1 is 1.03 bits per heavy atom. The topological polar surface area (TPSA) is 132 Å². The van der Waals surface area contributed by atoms with Crippen molar-refractivity contribution in [3.05, 3.63) is 53.5 Å². The van der Waals surface area contributed by atoms with Crippen molar-refractivity contribution in [2.24, 2.45) is 11.5 Å². The van der Waals surface area contributed by atoms with Gasteiger partial charge in [0.2, 0.25) is 0 Å². The van der Waals surface area contributed by atoms with Crippen LogP contribution in [0.3, 0.4) is 0 Å². The monoisotopic (exact) mass is 393 g/mol. The molecule has 1 aromatic carbocycles. The Hall–Kier alpha value is -3.62. The molecular weight excluding hydrogens is 370 g/mol. The molecule has 1 aliphatic heterocycles. The van der Waals surface area contributed by atoms with Crippen LogP contribution in [0, 0.1) is 0 Å². The SMILES string of the molecule is NC(=O)c1ccc(NCc2cnc3c(C(N)=O)cnn3c2)cc1N1CCCCC1. The highest BCUT2D eigenvalue weighted by Crippen LogP contribution is 2.27. The first-order valence-electron chi connectivity index (χ1n) is 9.57. The van der Waals surface area contributed by atoms with Crippen LogP contribution in [-0.4, -0.2) is 39.5 Å². The van der Waals surface area contributed by atoms with E-state index in [4.69, 9.17) is 11.5 Å². The van der Waals surface area contributed by atoms with Crippen molar-refractivity contribution in [3.8, 4) is 0 Å². The van der Waals surface area contributed by atoms with Crippen molar-refractivity contribution >= 4 is 28.8 Å². The summed E-state index contributed by atoms with van der Waals surface area (Å²) in [6.45, 7) is 2.35. The Bertz CT molecular complexity index is 1070. The summed E-state index contributed by atoms with van der Waals surface area (Å²) in [6, 6.07) is 5.58. The molecule has 0 radical (unpaired) electrons. The molecule has 0 spiro atoms. The summed E-state index contributed by atoms with van der Waals surface area (Å²) in [5.41, 5.74) is 14.8. The fourth-order valence-corrected chi connectivity index (χ4v) is 3.63. The Kier molecular flexibility index (Phi) is 5.03. The van der Waals surface area contributed by atoms with Gasteiger partial charge in [-0.1, -0.05) is 0 Å². The summed E-state index contributed by atoms with van der Waals surface area (Å²) in [7, 11) is 0. The summed E-state index contributed by atoms with van der Waals surface area (Å²) in [5.74, 6) is -0.978. The van der Waals surface area contributed by atoms with Crippen molar-refractivity contribution in [2.45, 2.75) is 25.8 Å². The molecule has 0 atom stereocenters. The number of anilines is 2. The lowest BCUT2D eigenvalue weighted by Crippen LogP contribution is -2.31. The molecule has 3 heterocycles. The third-order valence-electron chi connectivity index (χ3n) is 5.13. The summed E-state index contributed by atoms with van der Waals surface area (Å²) in [4.78, 5) is 29.8. The van der Waals surface area contributed by atoms with Crippen molar-refractivity contribution in [2.75, 3.05) is 23.3 Å². The maximum absolute atomic E-state index is 11.9. The molecule has 9 nitrogen and oxygen atoms in total. The van der Waals surface area contributed by atoms with Crippen LogP contribution >= 0.6 is 0 Å². The fourth-order valence-electron chi connectivity index (χ4n) is 3.63. The number of hydrogen-bond donors (Lipinski definition) is 3. The molecule has 1 aliphatic rings. The average Bonchev–Trinajstić information content (AvgIpc) is 3.16. The number of nitrogens with two attached hydrogens (primary N) is 2. The van der Waals surface area contributed by atoms with E-state index in [-0.39, 0.29) is 5.56 Å². The van der Waals surface area contributed by atoms with E-state index in [9.17, 15) is 9.59 Å². The highest BCUT2D eigenvalue weighted by molar-refractivity contribution is 5.99. The van der Waals surface area contributed by atoms with E-state index in [0.29, 0.717) is 17.8 Å². The number of primary amides is 2. The molecule has 2 amide bonds. The summed E-state index contributed by atoms with van der Waals surface area (Å²) in [5, 5.41) is 7.48. The third-order valence-corrected chi connectivity index (χ3v) is 5.13. The van der Waals surface area contributed by atoms with Gasteiger partial charge in [0.25, 0.3) is 11.8 Å². The van der Waals surface area contributed by atoms with Crippen LogP contribution < -0.4 is 21.7 Å². The Balaban J connectivity index is 1.54. The van der Waals surface area contributed by atoms with Crippen molar-refractivity contribution in [3.63, 3.8) is 0 Å². The molecule has 1 fully saturated rings. The Morgan fingerprint density at radius 3 is 2.52 bits per heavy atom. The van der Waals surface area contributed by atoms with Gasteiger partial charge in [-0.15, -0.1) is 0 Å². The van der Waals surface area contributed by atoms with E-state index in [1.165, 1.54) is 17.1 Å². The number of nitrogens with one attached hydrogen (secondary N) is 1. The number of fused-ring (bicyclic) bond motifs is 1. The first-order valence-corrected chi connectivity index (χ1v) is 9.57. The average molecular weight is 393 g/mol. The normalized spacial score (nSPS) is 14.1. The molecule has 29 heavy (non-hydrogen) atoms. The van der Waals surface area contributed by atoms with Gasteiger partial charge in [0.15, 0.2) is 5.65 Å². The van der Waals surface area contributed by atoms with Gasteiger partial charge in [-0.2, -0.15) is 5.10 Å². The van der Waals surface area contributed by atoms with Crippen LogP contribution in [0.15, 0.2) is 36.8 Å². The van der Waals surface area contributed by atoms with E-state index in [1.54, 1.807) is 18.5 Å². The maximum atomic E-state index is 11.9. The van der Waals surface area contributed by atoms with E-state index in [2.05, 4.69) is 20.3 Å². The molecule has 2 aromatic heterocycles. The second-order valence-corrected chi connectivity index (χ2v) is 7.15. The largest absolute Gasteiger partial charge is 0.381 e. The number of carbonyl (C=O) groups is 2. The number of piperidine rings is 1. The van der Waals surface area contributed by atoms with E-state index in [1.807, 2.05) is 12.1 Å². The van der Waals surface area contributed by atoms with Gasteiger partial charge < -0.3 is 21.7 Å². The van der Waals surface area contributed by atoms with Crippen LogP contribution in [-0.2, 0) is 6.54 Å². The van der Waals surface area contributed by atoms with Gasteiger partial charge >= 0.3 is 0 Å². The molecule has 9 heteroatoms. The molecule has 0 unspecified atom stereocenters. The summed E-state index contributed by atoms with van der Waals surface area (Å²) < 4.78 is 1.53. The lowest BCUT2D eigenvalue weighted by Gasteiger charge is -2.30. The molecule has 0 aliphatic carbocycles. The number of nitrogens with zero attached hydrogens (tertiary/aromatic N) is 4. The van der Waals surface area contributed by atoms with Gasteiger partial charge in [0, 0.05) is 43.3 Å². The third kappa shape index (κ3) is 3.84. The van der Waals surface area contributed by atoms with Crippen LogP contribution in [0.25, 0.3) is 5.65 Å². The zero-order chi connectivity index (χ0) is 20.4. The number of rotatable bonds is 6. The lowest BCUT2D eigenvalue weighted by atomic mass is 10.1. The molecular formula is C20H23N7O2. The van der Waals surface area contributed by atoms with E-state index < -0.39 is 11.8 Å². The van der Waals surface area contributed by atoms with E-state index in [0.717, 1.165) is 42.9 Å². The van der Waals surface area contributed by atoms with Crippen molar-refractivity contribution in [1.29, 1.82) is 0 Å². The number of hydrogen-bond acceptors (Lipinski definition) is 6. The molecule has 5 N–H and O–H groups in total. The summed E-state index contributed by atoms with van der Waals surface area (Å²) >= 11 is 0. The first kappa shape index (κ1) is 18.7. The van der Waals surface area contributed by atoms with Gasteiger partial charge in [0.1, 0.15) is 5.56 Å². The molecule has 0 bridgehead atoms. The second kappa shape index (κ2) is 7.78. The highest BCUT2D eigenvalue weighted by atomic mass is 16.1. The first-order chi connectivity index (χ1) is 14.0. The quantitative estimate of drug-likeness (QED) is 0.582. The highest BCUT2D eigenvalue weighted by Gasteiger charge is 2.18. The molecule has 0 saturated carbocycles. The van der Waals surface area contributed by atoms with E-state index >= 15 is 0 Å². The second-order valence-electron chi connectivity index (χ2n) is 7.15. The minimum Gasteiger partial charge on any atom is -0.381 e. The molecule has 3 aromatic rings. The molecule has 4 rings (SSSR count). The minimum absolute atomic E-state index is 0.290. The number of amides is 2. The number of aromatic nitrogens is 3. The standard InChI is InChI=1S/C20H23N7O2/c21-18(28)15-5-4-14(8-17(15)26-6-2-1-3-7-26)23-9-13-10-24-20-16(19(22)29)11-25-27(20)12-13/h4-5,8,10-12,23H,1-3,6-7,9H2,(H2,21,28)(H2,22,29). The van der Waals surface area contributed by atoms with Gasteiger partial charge in [-0.05, 0) is 37.5 Å².